The van der Waals surface area contributed by atoms with Crippen molar-refractivity contribution in [3.63, 3.8) is 0 Å². The summed E-state index contributed by atoms with van der Waals surface area (Å²) in [4.78, 5) is 12.6. The molecule has 3 nitrogen and oxygen atoms in total. The Hall–Kier alpha value is -2.55. The predicted octanol–water partition coefficient (Wildman–Crippen LogP) is 3.53. The first-order chi connectivity index (χ1) is 10.1. The summed E-state index contributed by atoms with van der Waals surface area (Å²) >= 11 is 0. The molecule has 0 amide bonds. The largest absolute Gasteiger partial charge is 0.508 e. The molecule has 1 N–H and O–H groups in total. The van der Waals surface area contributed by atoms with Crippen LogP contribution in [0, 0.1) is 6.92 Å². The summed E-state index contributed by atoms with van der Waals surface area (Å²) in [5, 5.41) is 9.31. The van der Waals surface area contributed by atoms with Crippen molar-refractivity contribution >= 4 is 11.9 Å². The lowest BCUT2D eigenvalue weighted by molar-refractivity contribution is 0.104. The first-order valence-electron chi connectivity index (χ1n) is 6.81. The lowest BCUT2D eigenvalue weighted by Gasteiger charge is -2.07. The van der Waals surface area contributed by atoms with Gasteiger partial charge in [-0.05, 0) is 42.3 Å². The Kier molecular flexibility index (Phi) is 3.26. The third-order valence-electron chi connectivity index (χ3n) is 3.82. The number of carbonyl (C=O) groups is 1. The van der Waals surface area contributed by atoms with Crippen LogP contribution < -0.4 is 4.74 Å². The monoisotopic (exact) mass is 280 g/mol. The number of allylic oxidation sites excluding steroid dienone is 1. The average Bonchev–Trinajstić information content (AvgIpc) is 2.80. The van der Waals surface area contributed by atoms with Gasteiger partial charge in [0.05, 0.1) is 7.11 Å². The summed E-state index contributed by atoms with van der Waals surface area (Å²) in [7, 11) is 1.62. The summed E-state index contributed by atoms with van der Waals surface area (Å²) in [5.74, 6) is 1.04. The Morgan fingerprint density at radius 1 is 1.14 bits per heavy atom. The minimum Gasteiger partial charge on any atom is -0.508 e. The number of fused-ring (bicyclic) bond motifs is 1. The van der Waals surface area contributed by atoms with Crippen LogP contribution in [0.1, 0.15) is 27.0 Å². The number of Topliss-reactive ketones (excluding diaryl/α,β-unsaturated/α-hetero) is 1. The van der Waals surface area contributed by atoms with E-state index in [9.17, 15) is 9.90 Å². The molecule has 0 spiro atoms. The molecule has 1 aliphatic carbocycles. The molecule has 3 rings (SSSR count). The van der Waals surface area contributed by atoms with E-state index in [1.165, 1.54) is 0 Å². The fraction of sp³-hybridized carbons (Fsp3) is 0.167. The van der Waals surface area contributed by atoms with Gasteiger partial charge in [-0.3, -0.25) is 4.79 Å². The van der Waals surface area contributed by atoms with Crippen molar-refractivity contribution in [2.45, 2.75) is 13.3 Å². The highest BCUT2D eigenvalue weighted by Gasteiger charge is 2.29. The highest BCUT2D eigenvalue weighted by atomic mass is 16.5. The van der Waals surface area contributed by atoms with Gasteiger partial charge in [-0.2, -0.15) is 0 Å². The Balaban J connectivity index is 2.04. The molecule has 0 saturated carbocycles. The number of rotatable bonds is 2. The number of aryl methyl sites for hydroxylation is 1. The van der Waals surface area contributed by atoms with E-state index in [-0.39, 0.29) is 11.5 Å². The van der Waals surface area contributed by atoms with Gasteiger partial charge in [0.1, 0.15) is 11.5 Å². The lowest BCUT2D eigenvalue weighted by atomic mass is 10.0. The van der Waals surface area contributed by atoms with Crippen LogP contribution in [0.15, 0.2) is 42.0 Å². The molecular weight excluding hydrogens is 264 g/mol. The van der Waals surface area contributed by atoms with Crippen molar-refractivity contribution in [1.82, 2.24) is 0 Å². The highest BCUT2D eigenvalue weighted by Crippen LogP contribution is 2.36. The number of aromatic hydroxyl groups is 1. The number of hydrogen-bond donors (Lipinski definition) is 1. The van der Waals surface area contributed by atoms with Crippen LogP contribution in [-0.4, -0.2) is 18.0 Å². The van der Waals surface area contributed by atoms with Crippen molar-refractivity contribution in [2.75, 3.05) is 7.11 Å². The van der Waals surface area contributed by atoms with Gasteiger partial charge in [0.25, 0.3) is 0 Å². The van der Waals surface area contributed by atoms with Gasteiger partial charge in [0, 0.05) is 23.1 Å². The van der Waals surface area contributed by atoms with Crippen molar-refractivity contribution in [2.24, 2.45) is 0 Å². The van der Waals surface area contributed by atoms with E-state index in [2.05, 4.69) is 0 Å². The van der Waals surface area contributed by atoms with E-state index < -0.39 is 0 Å². The quantitative estimate of drug-likeness (QED) is 0.856. The standard InChI is InChI=1S/C18H16O3/c1-11-3-8-16(21-2)15-10-13(18(20)17(11)15)9-12-4-6-14(19)7-5-12/h3-9,19H,10H2,1-2H3/b13-9+. The molecule has 0 aromatic heterocycles. The lowest BCUT2D eigenvalue weighted by Crippen LogP contribution is -1.99. The zero-order chi connectivity index (χ0) is 15.0. The molecule has 0 bridgehead atoms. The van der Waals surface area contributed by atoms with Crippen molar-refractivity contribution in [3.05, 3.63) is 64.2 Å². The van der Waals surface area contributed by atoms with Gasteiger partial charge >= 0.3 is 0 Å². The number of ether oxygens (including phenoxy) is 1. The number of ketones is 1. The predicted molar refractivity (Wildman–Crippen MR) is 81.8 cm³/mol. The average molecular weight is 280 g/mol. The van der Waals surface area contributed by atoms with Crippen LogP contribution in [0.25, 0.3) is 6.08 Å². The van der Waals surface area contributed by atoms with E-state index in [4.69, 9.17) is 4.74 Å². The van der Waals surface area contributed by atoms with E-state index in [0.717, 1.165) is 33.6 Å². The summed E-state index contributed by atoms with van der Waals surface area (Å²) in [5.41, 5.74) is 4.36. The number of phenolic OH excluding ortho intramolecular Hbond substituents is 1. The zero-order valence-electron chi connectivity index (χ0n) is 12.0. The Morgan fingerprint density at radius 3 is 2.52 bits per heavy atom. The van der Waals surface area contributed by atoms with Crippen LogP contribution in [-0.2, 0) is 6.42 Å². The molecule has 3 heteroatoms. The van der Waals surface area contributed by atoms with Gasteiger partial charge in [-0.15, -0.1) is 0 Å². The topological polar surface area (TPSA) is 46.5 Å². The number of hydrogen-bond acceptors (Lipinski definition) is 3. The molecule has 21 heavy (non-hydrogen) atoms. The molecule has 1 aliphatic rings. The zero-order valence-corrected chi connectivity index (χ0v) is 12.0. The van der Waals surface area contributed by atoms with Gasteiger partial charge < -0.3 is 9.84 Å². The van der Waals surface area contributed by atoms with E-state index in [0.29, 0.717) is 6.42 Å². The molecule has 2 aromatic carbocycles. The first kappa shape index (κ1) is 13.4. The SMILES string of the molecule is COc1ccc(C)c2c1C/C(=C\c1ccc(O)cc1)C2=O. The van der Waals surface area contributed by atoms with Gasteiger partial charge in [-0.1, -0.05) is 18.2 Å². The van der Waals surface area contributed by atoms with Crippen LogP contribution in [0.5, 0.6) is 11.5 Å². The van der Waals surface area contributed by atoms with Crippen molar-refractivity contribution < 1.29 is 14.6 Å². The maximum atomic E-state index is 12.6. The van der Waals surface area contributed by atoms with Gasteiger partial charge in [0.15, 0.2) is 5.78 Å². The fourth-order valence-electron chi connectivity index (χ4n) is 2.75. The molecule has 0 unspecified atom stereocenters. The van der Waals surface area contributed by atoms with E-state index in [1.54, 1.807) is 31.4 Å². The fourth-order valence-corrected chi connectivity index (χ4v) is 2.75. The number of phenols is 1. The van der Waals surface area contributed by atoms with Crippen molar-refractivity contribution in [1.29, 1.82) is 0 Å². The molecular formula is C18H16O3. The normalized spacial score (nSPS) is 15.3. The number of carbonyl (C=O) groups excluding carboxylic acids is 1. The summed E-state index contributed by atoms with van der Waals surface area (Å²) < 4.78 is 5.36. The molecule has 0 heterocycles. The number of methoxy groups -OCH3 is 1. The molecule has 0 radical (unpaired) electrons. The maximum Gasteiger partial charge on any atom is 0.190 e. The molecule has 106 valence electrons. The minimum atomic E-state index is 0.0643. The molecule has 0 aliphatic heterocycles. The second-order valence-corrected chi connectivity index (χ2v) is 5.21. The number of benzene rings is 2. The van der Waals surface area contributed by atoms with Crippen LogP contribution in [0.2, 0.25) is 0 Å². The highest BCUT2D eigenvalue weighted by molar-refractivity contribution is 6.16. The van der Waals surface area contributed by atoms with Crippen LogP contribution in [0.3, 0.4) is 0 Å². The van der Waals surface area contributed by atoms with Crippen LogP contribution >= 0.6 is 0 Å². The third kappa shape index (κ3) is 2.31. The Bertz CT molecular complexity index is 740. The van der Waals surface area contributed by atoms with Gasteiger partial charge in [-0.25, -0.2) is 0 Å². The first-order valence-corrected chi connectivity index (χ1v) is 6.81. The van der Waals surface area contributed by atoms with Crippen molar-refractivity contribution in [3.8, 4) is 11.5 Å². The summed E-state index contributed by atoms with van der Waals surface area (Å²) in [6.07, 6.45) is 2.46. The molecule has 2 aromatic rings. The summed E-state index contributed by atoms with van der Waals surface area (Å²) in [6, 6.07) is 10.6. The second kappa shape index (κ2) is 5.09. The Labute approximate surface area is 123 Å². The van der Waals surface area contributed by atoms with Crippen LogP contribution in [0.4, 0.5) is 0 Å². The van der Waals surface area contributed by atoms with Gasteiger partial charge in [0.2, 0.25) is 0 Å². The Morgan fingerprint density at radius 2 is 1.86 bits per heavy atom. The maximum absolute atomic E-state index is 12.6. The molecule has 0 fully saturated rings. The second-order valence-electron chi connectivity index (χ2n) is 5.21. The van der Waals surface area contributed by atoms with E-state index in [1.807, 2.05) is 25.1 Å². The molecule has 0 saturated heterocycles. The van der Waals surface area contributed by atoms with E-state index >= 15 is 0 Å². The summed E-state index contributed by atoms with van der Waals surface area (Å²) in [6.45, 7) is 1.94. The molecule has 0 atom stereocenters. The smallest absolute Gasteiger partial charge is 0.190 e. The minimum absolute atomic E-state index is 0.0643. The third-order valence-corrected chi connectivity index (χ3v) is 3.82.